The standard InChI is InChI=1S/C33H36F3N5O10/c1-15(2)28(41-31(49)23(38-17(4)42)11-18-5-8-20(43)9-6-18)32(50)37-16(3)29(47)40-24(14-26(44)45)30(48)39-19-7-10-21-22(33(34,35)36)13-27(46)51-25(21)12-19/h5-10,12-13,15-16,23-24,28,43H,11,14H2,1-4H3,(H,37,50)(H,38,42)(H,39,48)(H,40,47)(H,41,49)(H,44,45)/t16-,23-,24-,28-/m0/s1. The fraction of sp³-hybridized carbons (Fsp3) is 0.364. The van der Waals surface area contributed by atoms with Crippen LogP contribution in [0, 0.1) is 5.92 Å². The number of fused-ring (bicyclic) bond motifs is 1. The summed E-state index contributed by atoms with van der Waals surface area (Å²) < 4.78 is 45.0. The highest BCUT2D eigenvalue weighted by molar-refractivity contribution is 6.01. The molecule has 0 unspecified atom stereocenters. The zero-order valence-electron chi connectivity index (χ0n) is 27.7. The van der Waals surface area contributed by atoms with Gasteiger partial charge in [-0.25, -0.2) is 4.79 Å². The van der Waals surface area contributed by atoms with Crippen LogP contribution in [0.5, 0.6) is 5.75 Å². The molecule has 7 N–H and O–H groups in total. The highest BCUT2D eigenvalue weighted by Gasteiger charge is 2.35. The Kier molecular flexibility index (Phi) is 12.9. The van der Waals surface area contributed by atoms with Crippen molar-refractivity contribution in [2.45, 2.75) is 70.9 Å². The lowest BCUT2D eigenvalue weighted by atomic mass is 10.0. The first-order valence-electron chi connectivity index (χ1n) is 15.4. The van der Waals surface area contributed by atoms with Gasteiger partial charge in [-0.05, 0) is 42.7 Å². The molecule has 51 heavy (non-hydrogen) atoms. The van der Waals surface area contributed by atoms with Crippen molar-refractivity contribution in [3.8, 4) is 5.75 Å². The van der Waals surface area contributed by atoms with Crippen LogP contribution in [0.2, 0.25) is 0 Å². The zero-order valence-corrected chi connectivity index (χ0v) is 27.7. The molecular weight excluding hydrogens is 683 g/mol. The Hall–Kier alpha value is -5.94. The van der Waals surface area contributed by atoms with Crippen molar-refractivity contribution in [2.24, 2.45) is 5.92 Å². The molecule has 5 amide bonds. The van der Waals surface area contributed by atoms with Crippen molar-refractivity contribution in [1.29, 1.82) is 0 Å². The molecule has 18 heteroatoms. The first kappa shape index (κ1) is 39.5. The first-order chi connectivity index (χ1) is 23.7. The number of halogens is 3. The summed E-state index contributed by atoms with van der Waals surface area (Å²) in [4.78, 5) is 87.6. The van der Waals surface area contributed by atoms with Crippen molar-refractivity contribution in [3.05, 3.63) is 70.1 Å². The molecule has 1 aromatic heterocycles. The SMILES string of the molecule is CC(=O)N[C@@H](Cc1ccc(O)cc1)C(=O)N[C@H](C(=O)N[C@@H](C)C(=O)N[C@@H](CC(=O)O)C(=O)Nc1ccc2c(C(F)(F)F)cc(=O)oc2c1)C(C)C. The van der Waals surface area contributed by atoms with Crippen LogP contribution in [0.1, 0.15) is 45.2 Å². The van der Waals surface area contributed by atoms with E-state index in [9.17, 15) is 56.9 Å². The number of rotatable bonds is 14. The number of hydrogen-bond donors (Lipinski definition) is 7. The second kappa shape index (κ2) is 16.6. The number of carboxylic acids is 1. The molecule has 3 aromatic rings. The van der Waals surface area contributed by atoms with E-state index in [2.05, 4.69) is 26.6 Å². The lowest BCUT2D eigenvalue weighted by molar-refractivity contribution is -0.140. The number of aliphatic carboxylic acids is 1. The Labute approximate surface area is 288 Å². The summed E-state index contributed by atoms with van der Waals surface area (Å²) in [5, 5.41) is 30.4. The number of carbonyl (C=O) groups is 6. The van der Waals surface area contributed by atoms with Gasteiger partial charge in [0.05, 0.1) is 12.0 Å². The minimum Gasteiger partial charge on any atom is -0.508 e. The van der Waals surface area contributed by atoms with Crippen LogP contribution in [-0.4, -0.2) is 69.9 Å². The van der Waals surface area contributed by atoms with Gasteiger partial charge < -0.3 is 41.2 Å². The first-order valence-corrected chi connectivity index (χ1v) is 15.4. The summed E-state index contributed by atoms with van der Waals surface area (Å²) in [5.74, 6) is -6.19. The van der Waals surface area contributed by atoms with Crippen molar-refractivity contribution in [3.63, 3.8) is 0 Å². The number of alkyl halides is 3. The number of anilines is 1. The van der Waals surface area contributed by atoms with Crippen molar-refractivity contribution >= 4 is 52.2 Å². The number of nitrogens with one attached hydrogen (secondary N) is 5. The Bertz CT molecular complexity index is 1860. The van der Waals surface area contributed by atoms with Gasteiger partial charge in [-0.3, -0.25) is 28.8 Å². The molecule has 0 aliphatic carbocycles. The highest BCUT2D eigenvalue weighted by atomic mass is 19.4. The van der Waals surface area contributed by atoms with Crippen LogP contribution in [0.15, 0.2) is 57.7 Å². The number of hydrogen-bond acceptors (Lipinski definition) is 9. The summed E-state index contributed by atoms with van der Waals surface area (Å²) in [6.07, 6.45) is -5.80. The summed E-state index contributed by atoms with van der Waals surface area (Å²) in [6, 6.07) is 3.67. The maximum absolute atomic E-state index is 13.4. The summed E-state index contributed by atoms with van der Waals surface area (Å²) >= 11 is 0. The smallest absolute Gasteiger partial charge is 0.417 e. The maximum Gasteiger partial charge on any atom is 0.417 e. The van der Waals surface area contributed by atoms with Crippen LogP contribution in [-0.2, 0) is 41.4 Å². The Morgan fingerprint density at radius 1 is 0.804 bits per heavy atom. The normalized spacial score (nSPS) is 13.7. The molecule has 2 aromatic carbocycles. The lowest BCUT2D eigenvalue weighted by Gasteiger charge is -2.27. The number of benzene rings is 2. The van der Waals surface area contributed by atoms with Gasteiger partial charge in [0.15, 0.2) is 0 Å². The molecule has 0 saturated carbocycles. The van der Waals surface area contributed by atoms with Gasteiger partial charge in [0.2, 0.25) is 29.5 Å². The number of phenols is 1. The molecule has 0 aliphatic heterocycles. The number of carbonyl (C=O) groups excluding carboxylic acids is 5. The van der Waals surface area contributed by atoms with Gasteiger partial charge in [-0.2, -0.15) is 13.2 Å². The van der Waals surface area contributed by atoms with Crippen molar-refractivity contribution < 1.29 is 56.6 Å². The van der Waals surface area contributed by atoms with Gasteiger partial charge in [0, 0.05) is 36.6 Å². The Morgan fingerprint density at radius 2 is 1.45 bits per heavy atom. The molecular formula is C33H36F3N5O10. The minimum atomic E-state index is -4.88. The van der Waals surface area contributed by atoms with Gasteiger partial charge in [-0.15, -0.1) is 0 Å². The van der Waals surface area contributed by atoms with Crippen molar-refractivity contribution in [1.82, 2.24) is 21.3 Å². The van der Waals surface area contributed by atoms with E-state index in [-0.39, 0.29) is 23.9 Å². The largest absolute Gasteiger partial charge is 0.508 e. The molecule has 15 nitrogen and oxygen atoms in total. The number of aromatic hydroxyl groups is 1. The lowest BCUT2D eigenvalue weighted by Crippen LogP contribution is -2.58. The van der Waals surface area contributed by atoms with Crippen LogP contribution < -0.4 is 32.2 Å². The van der Waals surface area contributed by atoms with Crippen LogP contribution >= 0.6 is 0 Å². The molecule has 1 heterocycles. The molecule has 0 saturated heterocycles. The van der Waals surface area contributed by atoms with Gasteiger partial charge in [0.25, 0.3) is 0 Å². The third kappa shape index (κ3) is 11.3. The quantitative estimate of drug-likeness (QED) is 0.119. The number of phenolic OH excluding ortho intramolecular Hbond substituents is 1. The third-order valence-corrected chi connectivity index (χ3v) is 7.40. The van der Waals surface area contributed by atoms with Crippen molar-refractivity contribution in [2.75, 3.05) is 5.32 Å². The van der Waals surface area contributed by atoms with Gasteiger partial charge in [-0.1, -0.05) is 26.0 Å². The van der Waals surface area contributed by atoms with E-state index < -0.39 is 100 Å². The van der Waals surface area contributed by atoms with Crippen LogP contribution in [0.3, 0.4) is 0 Å². The molecule has 4 atom stereocenters. The average Bonchev–Trinajstić information content (AvgIpc) is 3.02. The van der Waals surface area contributed by atoms with E-state index >= 15 is 0 Å². The molecule has 0 spiro atoms. The summed E-state index contributed by atoms with van der Waals surface area (Å²) in [7, 11) is 0. The second-order valence-corrected chi connectivity index (χ2v) is 11.9. The Morgan fingerprint density at radius 3 is 2.02 bits per heavy atom. The number of carboxylic acid groups (broad SMARTS) is 1. The third-order valence-electron chi connectivity index (χ3n) is 7.40. The topological polar surface area (TPSA) is 233 Å². The second-order valence-electron chi connectivity index (χ2n) is 11.9. The summed E-state index contributed by atoms with van der Waals surface area (Å²) in [6.45, 7) is 5.65. The molecule has 274 valence electrons. The highest BCUT2D eigenvalue weighted by Crippen LogP contribution is 2.34. The Balaban J connectivity index is 1.71. The molecule has 0 radical (unpaired) electrons. The van der Waals surface area contributed by atoms with Gasteiger partial charge in [0.1, 0.15) is 35.5 Å². The van der Waals surface area contributed by atoms with E-state index in [0.717, 1.165) is 18.2 Å². The van der Waals surface area contributed by atoms with E-state index in [0.29, 0.717) is 5.56 Å². The minimum absolute atomic E-state index is 0.00374. The fourth-order valence-corrected chi connectivity index (χ4v) is 4.86. The molecule has 0 fully saturated rings. The molecule has 3 rings (SSSR count). The molecule has 0 aliphatic rings. The predicted octanol–water partition coefficient (Wildman–Crippen LogP) is 1.81. The predicted molar refractivity (Wildman–Crippen MR) is 174 cm³/mol. The van der Waals surface area contributed by atoms with Crippen LogP contribution in [0.4, 0.5) is 18.9 Å². The number of amides is 5. The van der Waals surface area contributed by atoms with Crippen LogP contribution in [0.25, 0.3) is 11.0 Å². The van der Waals surface area contributed by atoms with E-state index in [4.69, 9.17) is 4.42 Å². The maximum atomic E-state index is 13.4. The summed E-state index contributed by atoms with van der Waals surface area (Å²) in [5.41, 5.74) is -2.66. The van der Waals surface area contributed by atoms with Gasteiger partial charge >= 0.3 is 17.8 Å². The zero-order chi connectivity index (χ0) is 38.2. The molecule has 0 bridgehead atoms. The fourth-order valence-electron chi connectivity index (χ4n) is 4.86. The van der Waals surface area contributed by atoms with E-state index in [1.165, 1.54) is 26.0 Å². The average molecular weight is 720 g/mol. The van der Waals surface area contributed by atoms with E-state index in [1.807, 2.05) is 0 Å². The monoisotopic (exact) mass is 719 g/mol. The van der Waals surface area contributed by atoms with E-state index in [1.54, 1.807) is 26.0 Å².